The Hall–Kier alpha value is -1.04. The van der Waals surface area contributed by atoms with Crippen LogP contribution in [0.3, 0.4) is 0 Å². The zero-order valence-corrected chi connectivity index (χ0v) is 14.7. The molecule has 0 saturated carbocycles. The van der Waals surface area contributed by atoms with Gasteiger partial charge in [0.15, 0.2) is 5.58 Å². The minimum absolute atomic E-state index is 0.0141. The van der Waals surface area contributed by atoms with E-state index < -0.39 is 0 Å². The van der Waals surface area contributed by atoms with Gasteiger partial charge >= 0.3 is 0 Å². The lowest BCUT2D eigenvalue weighted by atomic mass is 10.0. The number of hydrogen-bond acceptors (Lipinski definition) is 2. The summed E-state index contributed by atoms with van der Waals surface area (Å²) in [6.07, 6.45) is 0. The average Bonchev–Trinajstić information content (AvgIpc) is 2.89. The van der Waals surface area contributed by atoms with Crippen LogP contribution in [0, 0.1) is 10.5 Å². The van der Waals surface area contributed by atoms with E-state index in [1.54, 1.807) is 0 Å². The van der Waals surface area contributed by atoms with E-state index >= 15 is 0 Å². The van der Waals surface area contributed by atoms with Gasteiger partial charge in [0.25, 0.3) is 0 Å². The highest BCUT2D eigenvalue weighted by Gasteiger charge is 2.20. The van der Waals surface area contributed by atoms with E-state index in [4.69, 9.17) is 16.0 Å². The molecule has 0 fully saturated rings. The van der Waals surface area contributed by atoms with Crippen LogP contribution in [0.4, 0.5) is 0 Å². The highest BCUT2D eigenvalue weighted by Crippen LogP contribution is 2.33. The first-order valence-corrected chi connectivity index (χ1v) is 8.17. The van der Waals surface area contributed by atoms with Gasteiger partial charge in [-0.05, 0) is 59.8 Å². The second-order valence-corrected chi connectivity index (χ2v) is 6.49. The first-order chi connectivity index (χ1) is 10.1. The van der Waals surface area contributed by atoms with Crippen LogP contribution < -0.4 is 5.32 Å². The van der Waals surface area contributed by atoms with Gasteiger partial charge in [0, 0.05) is 8.96 Å². The van der Waals surface area contributed by atoms with Crippen molar-refractivity contribution < 1.29 is 4.42 Å². The molecule has 1 unspecified atom stereocenters. The molecular weight excluding hydrogens is 397 g/mol. The number of hydrogen-bond donors (Lipinski definition) is 1. The number of rotatable bonds is 3. The second kappa shape index (κ2) is 5.99. The first-order valence-electron chi connectivity index (χ1n) is 6.72. The Morgan fingerprint density at radius 3 is 2.67 bits per heavy atom. The molecule has 2 nitrogen and oxygen atoms in total. The van der Waals surface area contributed by atoms with Crippen LogP contribution in [0.15, 0.2) is 46.9 Å². The van der Waals surface area contributed by atoms with E-state index in [2.05, 4.69) is 59.1 Å². The molecule has 0 aliphatic carbocycles. The molecule has 1 N–H and O–H groups in total. The summed E-state index contributed by atoms with van der Waals surface area (Å²) in [5.41, 5.74) is 3.23. The Labute approximate surface area is 142 Å². The Morgan fingerprint density at radius 1 is 1.19 bits per heavy atom. The smallest absolute Gasteiger partial charge is 0.152 e. The van der Waals surface area contributed by atoms with Crippen LogP contribution in [0.2, 0.25) is 5.02 Å². The third-order valence-electron chi connectivity index (χ3n) is 3.62. The molecule has 21 heavy (non-hydrogen) atoms. The van der Waals surface area contributed by atoms with E-state index in [-0.39, 0.29) is 6.04 Å². The zero-order chi connectivity index (χ0) is 15.0. The van der Waals surface area contributed by atoms with Crippen molar-refractivity contribution in [1.82, 2.24) is 5.32 Å². The highest BCUT2D eigenvalue weighted by atomic mass is 127. The zero-order valence-electron chi connectivity index (χ0n) is 11.8. The quantitative estimate of drug-likeness (QED) is 0.591. The lowest BCUT2D eigenvalue weighted by Crippen LogP contribution is -2.18. The van der Waals surface area contributed by atoms with Gasteiger partial charge in [-0.15, -0.1) is 0 Å². The van der Waals surface area contributed by atoms with Crippen LogP contribution >= 0.6 is 34.2 Å². The summed E-state index contributed by atoms with van der Waals surface area (Å²) in [5.74, 6) is 0.879. The predicted octanol–water partition coefficient (Wildman–Crippen LogP) is 5.31. The normalized spacial score (nSPS) is 12.8. The molecule has 0 amide bonds. The second-order valence-electron chi connectivity index (χ2n) is 5.01. The van der Waals surface area contributed by atoms with E-state index in [1.807, 2.05) is 25.2 Å². The Kier molecular flexibility index (Phi) is 4.24. The largest absolute Gasteiger partial charge is 0.457 e. The molecule has 4 heteroatoms. The van der Waals surface area contributed by atoms with Crippen LogP contribution in [0.5, 0.6) is 0 Å². The number of benzene rings is 2. The Morgan fingerprint density at radius 2 is 1.95 bits per heavy atom. The Bertz CT molecular complexity index is 797. The SMILES string of the molecule is CNC(c1cc2cccc(Cl)c2o1)c1cccc(C)c1I. The maximum atomic E-state index is 6.21. The minimum Gasteiger partial charge on any atom is -0.457 e. The van der Waals surface area contributed by atoms with Crippen molar-refractivity contribution in [2.24, 2.45) is 0 Å². The van der Waals surface area contributed by atoms with Crippen molar-refractivity contribution in [2.45, 2.75) is 13.0 Å². The molecule has 1 atom stereocenters. The molecular formula is C17H15ClINO. The molecule has 1 heterocycles. The summed E-state index contributed by atoms with van der Waals surface area (Å²) < 4.78 is 7.25. The lowest BCUT2D eigenvalue weighted by Gasteiger charge is -2.17. The third kappa shape index (κ3) is 2.70. The van der Waals surface area contributed by atoms with Crippen molar-refractivity contribution in [3.63, 3.8) is 0 Å². The summed E-state index contributed by atoms with van der Waals surface area (Å²) in [6.45, 7) is 2.12. The molecule has 1 aromatic heterocycles. The first kappa shape index (κ1) is 14.9. The van der Waals surface area contributed by atoms with Crippen molar-refractivity contribution in [3.05, 3.63) is 67.9 Å². The van der Waals surface area contributed by atoms with Crippen molar-refractivity contribution in [1.29, 1.82) is 0 Å². The van der Waals surface area contributed by atoms with Crippen LogP contribution in [0.1, 0.15) is 22.9 Å². The molecule has 0 bridgehead atoms. The van der Waals surface area contributed by atoms with Gasteiger partial charge in [0.05, 0.1) is 11.1 Å². The fraction of sp³-hybridized carbons (Fsp3) is 0.176. The molecule has 2 aromatic carbocycles. The third-order valence-corrected chi connectivity index (χ3v) is 5.39. The monoisotopic (exact) mass is 411 g/mol. The lowest BCUT2D eigenvalue weighted by molar-refractivity contribution is 0.490. The van der Waals surface area contributed by atoms with E-state index in [9.17, 15) is 0 Å². The van der Waals surface area contributed by atoms with Crippen molar-refractivity contribution in [3.8, 4) is 0 Å². The van der Waals surface area contributed by atoms with Gasteiger partial charge < -0.3 is 9.73 Å². The number of halogens is 2. The minimum atomic E-state index is 0.0141. The van der Waals surface area contributed by atoms with E-state index in [1.165, 1.54) is 14.7 Å². The van der Waals surface area contributed by atoms with Gasteiger partial charge in [-0.1, -0.05) is 41.9 Å². The fourth-order valence-electron chi connectivity index (χ4n) is 2.53. The summed E-state index contributed by atoms with van der Waals surface area (Å²) in [5, 5.41) is 5.02. The number of fused-ring (bicyclic) bond motifs is 1. The molecule has 108 valence electrons. The maximum Gasteiger partial charge on any atom is 0.152 e. The van der Waals surface area contributed by atoms with Crippen molar-refractivity contribution >= 4 is 45.2 Å². The van der Waals surface area contributed by atoms with Crippen LogP contribution in [-0.4, -0.2) is 7.05 Å². The topological polar surface area (TPSA) is 25.2 Å². The standard InChI is InChI=1S/C17H15ClINO/c1-10-5-3-7-12(15(10)19)16(20-2)14-9-11-6-4-8-13(18)17(11)21-14/h3-9,16,20H,1-2H3. The summed E-state index contributed by atoms with van der Waals surface area (Å²) in [7, 11) is 1.94. The van der Waals surface area contributed by atoms with Gasteiger partial charge in [-0.25, -0.2) is 0 Å². The van der Waals surface area contributed by atoms with Crippen molar-refractivity contribution in [2.75, 3.05) is 7.05 Å². The van der Waals surface area contributed by atoms with Gasteiger partial charge in [0.2, 0.25) is 0 Å². The molecule has 0 aliphatic rings. The molecule has 0 radical (unpaired) electrons. The average molecular weight is 412 g/mol. The summed E-state index contributed by atoms with van der Waals surface area (Å²) in [6, 6.07) is 14.2. The number of nitrogens with one attached hydrogen (secondary N) is 1. The molecule has 0 aliphatic heterocycles. The number of furan rings is 1. The molecule has 3 aromatic rings. The summed E-state index contributed by atoms with van der Waals surface area (Å²) in [4.78, 5) is 0. The number of para-hydroxylation sites is 1. The Balaban J connectivity index is 2.14. The molecule has 3 rings (SSSR count). The molecule has 0 saturated heterocycles. The highest BCUT2D eigenvalue weighted by molar-refractivity contribution is 14.1. The van der Waals surface area contributed by atoms with Gasteiger partial charge in [0.1, 0.15) is 5.76 Å². The van der Waals surface area contributed by atoms with Gasteiger partial charge in [-0.2, -0.15) is 0 Å². The predicted molar refractivity (Wildman–Crippen MR) is 96.0 cm³/mol. The number of aryl methyl sites for hydroxylation is 1. The van der Waals surface area contributed by atoms with Crippen LogP contribution in [-0.2, 0) is 0 Å². The fourth-order valence-corrected chi connectivity index (χ4v) is 3.43. The maximum absolute atomic E-state index is 6.21. The van der Waals surface area contributed by atoms with E-state index in [0.717, 1.165) is 16.7 Å². The molecule has 0 spiro atoms. The van der Waals surface area contributed by atoms with Crippen LogP contribution in [0.25, 0.3) is 11.0 Å². The summed E-state index contributed by atoms with van der Waals surface area (Å²) >= 11 is 8.59. The van der Waals surface area contributed by atoms with Gasteiger partial charge in [-0.3, -0.25) is 0 Å². The van der Waals surface area contributed by atoms with E-state index in [0.29, 0.717) is 5.02 Å².